The van der Waals surface area contributed by atoms with Crippen LogP contribution < -0.4 is 5.32 Å². The van der Waals surface area contributed by atoms with Crippen molar-refractivity contribution in [3.05, 3.63) is 0 Å². The van der Waals surface area contributed by atoms with Gasteiger partial charge in [0.2, 0.25) is 6.23 Å². The number of nitrogens with zero attached hydrogens (tertiary/aromatic N) is 1. The first-order valence-electron chi connectivity index (χ1n) is 5.13. The van der Waals surface area contributed by atoms with E-state index in [0.29, 0.717) is 4.90 Å². The maximum Gasteiger partial charge on any atom is 0.324 e. The zero-order chi connectivity index (χ0) is 14.1. The largest absolute Gasteiger partial charge is 0.394 e. The summed E-state index contributed by atoms with van der Waals surface area (Å²) in [6.45, 7) is 0.483. The Morgan fingerprint density at radius 2 is 2.17 bits per heavy atom. The van der Waals surface area contributed by atoms with Gasteiger partial charge in [-0.15, -0.1) is 0 Å². The van der Waals surface area contributed by atoms with Crippen molar-refractivity contribution in [2.75, 3.05) is 13.7 Å². The Morgan fingerprint density at radius 3 is 2.56 bits per heavy atom. The molecule has 0 unspecified atom stereocenters. The van der Waals surface area contributed by atoms with E-state index in [1.165, 1.54) is 6.92 Å². The fourth-order valence-corrected chi connectivity index (χ4v) is 1.57. The van der Waals surface area contributed by atoms with Gasteiger partial charge in [0.25, 0.3) is 0 Å². The molecule has 0 saturated carbocycles. The van der Waals surface area contributed by atoms with Gasteiger partial charge in [-0.1, -0.05) is 0 Å². The van der Waals surface area contributed by atoms with Crippen LogP contribution in [0.4, 0.5) is 13.6 Å². The summed E-state index contributed by atoms with van der Waals surface area (Å²) in [5.41, 5.74) is 0. The van der Waals surface area contributed by atoms with Gasteiger partial charge in [0.15, 0.2) is 6.10 Å². The van der Waals surface area contributed by atoms with Crippen LogP contribution in [0.3, 0.4) is 0 Å². The topological polar surface area (TPSA) is 106 Å². The molecule has 1 saturated heterocycles. The second-order valence-electron chi connectivity index (χ2n) is 3.99. The van der Waals surface area contributed by atoms with Crippen LogP contribution in [-0.4, -0.2) is 65.0 Å². The molecule has 1 aliphatic rings. The average molecular weight is 267 g/mol. The number of aliphatic hydroxyl groups is 2. The number of aliphatic hydroxyl groups excluding tert-OH is 2. The van der Waals surface area contributed by atoms with E-state index in [9.17, 15) is 18.7 Å². The molecular weight excluding hydrogens is 252 g/mol. The lowest BCUT2D eigenvalue weighted by molar-refractivity contribution is -0.149. The van der Waals surface area contributed by atoms with Gasteiger partial charge in [-0.3, -0.25) is 15.6 Å². The summed E-state index contributed by atoms with van der Waals surface area (Å²) >= 11 is 0. The zero-order valence-corrected chi connectivity index (χ0v) is 9.85. The molecular formula is C9H15F2N3O4. The van der Waals surface area contributed by atoms with Crippen LogP contribution in [-0.2, 0) is 4.74 Å². The van der Waals surface area contributed by atoms with E-state index in [1.807, 2.05) is 5.32 Å². The fraction of sp³-hybridized carbons (Fsp3) is 0.778. The first kappa shape index (κ1) is 14.7. The van der Waals surface area contributed by atoms with Crippen LogP contribution in [0.1, 0.15) is 6.92 Å². The molecule has 1 rings (SSSR count). The third kappa shape index (κ3) is 2.57. The van der Waals surface area contributed by atoms with E-state index < -0.39 is 37.0 Å². The molecule has 1 heterocycles. The highest BCUT2D eigenvalue weighted by atomic mass is 19.3. The quantitative estimate of drug-likeness (QED) is 0.393. The molecule has 7 nitrogen and oxygen atoms in total. The number of rotatable bonds is 2. The standard InChI is InChI=1S/C9H15F2N3O4/c1-4(12)13-8(17)14(2)7-9(10,11)6(16)5(3-15)18-7/h5-7,15-16H,3H2,1-2H3,(H2,12,13,17)/t5-,6-,7-/m1/s1. The highest BCUT2D eigenvalue weighted by Gasteiger charge is 2.60. The van der Waals surface area contributed by atoms with Crippen LogP contribution in [0.15, 0.2) is 0 Å². The van der Waals surface area contributed by atoms with Crippen molar-refractivity contribution >= 4 is 11.9 Å². The van der Waals surface area contributed by atoms with E-state index in [2.05, 4.69) is 0 Å². The lowest BCUT2D eigenvalue weighted by atomic mass is 10.1. The van der Waals surface area contributed by atoms with Crippen LogP contribution >= 0.6 is 0 Å². The number of alkyl halides is 2. The molecule has 0 aromatic heterocycles. The molecule has 0 aromatic carbocycles. The van der Waals surface area contributed by atoms with Gasteiger partial charge >= 0.3 is 12.0 Å². The average Bonchev–Trinajstić information content (AvgIpc) is 2.49. The van der Waals surface area contributed by atoms with Crippen LogP contribution in [0, 0.1) is 5.41 Å². The Bertz CT molecular complexity index is 353. The van der Waals surface area contributed by atoms with Gasteiger partial charge in [-0.2, -0.15) is 8.78 Å². The Balaban J connectivity index is 2.83. The third-order valence-electron chi connectivity index (χ3n) is 2.53. The van der Waals surface area contributed by atoms with Gasteiger partial charge in [0.1, 0.15) is 6.10 Å². The monoisotopic (exact) mass is 267 g/mol. The number of hydrogen-bond acceptors (Lipinski definition) is 5. The number of urea groups is 1. The molecule has 1 aliphatic heterocycles. The van der Waals surface area contributed by atoms with Gasteiger partial charge in [0, 0.05) is 7.05 Å². The number of hydrogen-bond donors (Lipinski definition) is 4. The number of amides is 2. The van der Waals surface area contributed by atoms with Crippen molar-refractivity contribution in [3.8, 4) is 0 Å². The predicted molar refractivity (Wildman–Crippen MR) is 56.4 cm³/mol. The van der Waals surface area contributed by atoms with E-state index >= 15 is 0 Å². The molecule has 2 amide bonds. The summed E-state index contributed by atoms with van der Waals surface area (Å²) in [7, 11) is 1.04. The smallest absolute Gasteiger partial charge is 0.324 e. The molecule has 0 aliphatic carbocycles. The van der Waals surface area contributed by atoms with E-state index in [1.54, 1.807) is 0 Å². The number of ether oxygens (including phenoxy) is 1. The number of nitrogens with one attached hydrogen (secondary N) is 2. The Kier molecular flexibility index (Phi) is 4.20. The Morgan fingerprint density at radius 1 is 1.61 bits per heavy atom. The van der Waals surface area contributed by atoms with E-state index in [4.69, 9.17) is 15.3 Å². The number of amidine groups is 1. The molecule has 9 heteroatoms. The second-order valence-corrected chi connectivity index (χ2v) is 3.99. The molecule has 18 heavy (non-hydrogen) atoms. The summed E-state index contributed by atoms with van der Waals surface area (Å²) in [4.78, 5) is 12.0. The van der Waals surface area contributed by atoms with Crippen molar-refractivity contribution in [1.29, 1.82) is 5.41 Å². The number of halogens is 2. The first-order chi connectivity index (χ1) is 8.21. The molecule has 0 radical (unpaired) electrons. The zero-order valence-electron chi connectivity index (χ0n) is 9.85. The van der Waals surface area contributed by atoms with Gasteiger partial charge in [-0.05, 0) is 6.92 Å². The third-order valence-corrected chi connectivity index (χ3v) is 2.53. The van der Waals surface area contributed by atoms with Gasteiger partial charge in [0.05, 0.1) is 12.4 Å². The van der Waals surface area contributed by atoms with Crippen LogP contribution in [0.25, 0.3) is 0 Å². The maximum absolute atomic E-state index is 13.6. The van der Waals surface area contributed by atoms with Crippen molar-refractivity contribution < 1.29 is 28.5 Å². The number of carbonyl (C=O) groups excluding carboxylic acids is 1. The molecule has 1 fully saturated rings. The van der Waals surface area contributed by atoms with Crippen molar-refractivity contribution in [2.45, 2.75) is 31.3 Å². The van der Waals surface area contributed by atoms with Crippen LogP contribution in [0.2, 0.25) is 0 Å². The Labute approximate surface area is 102 Å². The summed E-state index contributed by atoms with van der Waals surface area (Å²) in [6, 6.07) is -0.960. The summed E-state index contributed by atoms with van der Waals surface area (Å²) in [5, 5.41) is 27.1. The summed E-state index contributed by atoms with van der Waals surface area (Å²) in [6.07, 6.45) is -5.64. The van der Waals surface area contributed by atoms with Crippen molar-refractivity contribution in [1.82, 2.24) is 10.2 Å². The van der Waals surface area contributed by atoms with Gasteiger partial charge < -0.3 is 14.9 Å². The van der Waals surface area contributed by atoms with Crippen molar-refractivity contribution in [2.24, 2.45) is 0 Å². The minimum atomic E-state index is -3.70. The molecule has 0 aromatic rings. The highest BCUT2D eigenvalue weighted by Crippen LogP contribution is 2.37. The highest BCUT2D eigenvalue weighted by molar-refractivity contribution is 5.94. The minimum Gasteiger partial charge on any atom is -0.394 e. The summed E-state index contributed by atoms with van der Waals surface area (Å²) in [5.74, 6) is -3.91. The SMILES string of the molecule is CC(=N)NC(=O)N(C)[C@@H]1O[C@H](CO)[C@@H](O)C1(F)F. The first-order valence-corrected chi connectivity index (χ1v) is 5.13. The minimum absolute atomic E-state index is 0.215. The molecule has 0 spiro atoms. The molecule has 0 bridgehead atoms. The van der Waals surface area contributed by atoms with E-state index in [-0.39, 0.29) is 5.84 Å². The molecule has 104 valence electrons. The molecule has 4 N–H and O–H groups in total. The predicted octanol–water partition coefficient (Wildman–Crippen LogP) is -0.662. The second kappa shape index (κ2) is 5.12. The summed E-state index contributed by atoms with van der Waals surface area (Å²) < 4.78 is 32.0. The number of carbonyl (C=O) groups is 1. The lowest BCUT2D eigenvalue weighted by Gasteiger charge is -2.28. The van der Waals surface area contributed by atoms with Gasteiger partial charge in [-0.25, -0.2) is 4.79 Å². The fourth-order valence-electron chi connectivity index (χ4n) is 1.57. The van der Waals surface area contributed by atoms with Crippen LogP contribution in [0.5, 0.6) is 0 Å². The van der Waals surface area contributed by atoms with Crippen molar-refractivity contribution in [3.63, 3.8) is 0 Å². The maximum atomic E-state index is 13.6. The molecule has 3 atom stereocenters. The Hall–Kier alpha value is -1.32. The van der Waals surface area contributed by atoms with E-state index in [0.717, 1.165) is 7.05 Å². The lowest BCUT2D eigenvalue weighted by Crippen LogP contribution is -2.53. The normalized spacial score (nSPS) is 30.0.